The van der Waals surface area contributed by atoms with Crippen molar-refractivity contribution in [3.63, 3.8) is 0 Å². The molecule has 0 aliphatic rings. The monoisotopic (exact) mass is 356 g/mol. The van der Waals surface area contributed by atoms with E-state index in [2.05, 4.69) is 26.2 Å². The Balaban J connectivity index is 2.14. The molecular formula is C14H14BrClN2O2. The van der Waals surface area contributed by atoms with Gasteiger partial charge in [-0.3, -0.25) is 0 Å². The van der Waals surface area contributed by atoms with Crippen molar-refractivity contribution in [1.82, 2.24) is 4.98 Å². The summed E-state index contributed by atoms with van der Waals surface area (Å²) in [6.07, 6.45) is 1.68. The molecule has 0 aliphatic heterocycles. The van der Waals surface area contributed by atoms with Crippen LogP contribution in [0.15, 0.2) is 28.9 Å². The number of hydrogen-bond donors (Lipinski definition) is 2. The fourth-order valence-corrected chi connectivity index (χ4v) is 2.34. The number of nitrogens with zero attached hydrogens (tertiary/aromatic N) is 1. The quantitative estimate of drug-likeness (QED) is 0.808. The first-order valence-electron chi connectivity index (χ1n) is 5.92. The van der Waals surface area contributed by atoms with Gasteiger partial charge in [0.1, 0.15) is 5.15 Å². The number of benzene rings is 1. The number of pyridine rings is 1. The van der Waals surface area contributed by atoms with Gasteiger partial charge in [0, 0.05) is 6.54 Å². The molecule has 0 atom stereocenters. The molecule has 0 aliphatic carbocycles. The van der Waals surface area contributed by atoms with Gasteiger partial charge in [0.15, 0.2) is 11.5 Å². The van der Waals surface area contributed by atoms with E-state index < -0.39 is 0 Å². The van der Waals surface area contributed by atoms with E-state index in [9.17, 15) is 5.11 Å². The lowest BCUT2D eigenvalue weighted by atomic mass is 10.2. The van der Waals surface area contributed by atoms with Crippen LogP contribution in [0.25, 0.3) is 0 Å². The Morgan fingerprint density at radius 1 is 1.40 bits per heavy atom. The molecule has 0 spiro atoms. The van der Waals surface area contributed by atoms with Gasteiger partial charge in [-0.1, -0.05) is 11.6 Å². The van der Waals surface area contributed by atoms with Gasteiger partial charge in [-0.15, -0.1) is 0 Å². The number of halogens is 2. The van der Waals surface area contributed by atoms with E-state index in [0.29, 0.717) is 21.9 Å². The molecule has 0 radical (unpaired) electrons. The zero-order valence-corrected chi connectivity index (χ0v) is 13.4. The molecule has 0 saturated heterocycles. The summed E-state index contributed by atoms with van der Waals surface area (Å²) in [5, 5.41) is 13.5. The van der Waals surface area contributed by atoms with Crippen LogP contribution >= 0.6 is 27.5 Å². The van der Waals surface area contributed by atoms with Gasteiger partial charge in [0.2, 0.25) is 0 Å². The Morgan fingerprint density at radius 2 is 2.15 bits per heavy atom. The highest BCUT2D eigenvalue weighted by Gasteiger charge is 2.08. The highest BCUT2D eigenvalue weighted by molar-refractivity contribution is 9.10. The number of phenols is 1. The van der Waals surface area contributed by atoms with E-state index in [1.807, 2.05) is 19.1 Å². The normalized spacial score (nSPS) is 10.4. The zero-order chi connectivity index (χ0) is 14.7. The number of nitrogens with one attached hydrogen (secondary N) is 1. The third-order valence-corrected chi connectivity index (χ3v) is 3.82. The van der Waals surface area contributed by atoms with E-state index in [4.69, 9.17) is 16.3 Å². The lowest BCUT2D eigenvalue weighted by Crippen LogP contribution is -2.01. The SMILES string of the molecule is COc1cc(CNc2cnc(Cl)c(C)c2)cc(Br)c1O. The molecule has 6 heteroatoms. The number of aromatic hydroxyl groups is 1. The Kier molecular flexibility index (Phi) is 4.73. The molecule has 0 bridgehead atoms. The van der Waals surface area contributed by atoms with Crippen LogP contribution in [0, 0.1) is 6.92 Å². The third kappa shape index (κ3) is 3.35. The Hall–Kier alpha value is -1.46. The molecule has 4 nitrogen and oxygen atoms in total. The molecule has 2 aromatic rings. The summed E-state index contributed by atoms with van der Waals surface area (Å²) in [6, 6.07) is 5.55. The lowest BCUT2D eigenvalue weighted by molar-refractivity contribution is 0.371. The molecule has 1 aromatic carbocycles. The summed E-state index contributed by atoms with van der Waals surface area (Å²) in [6.45, 7) is 2.48. The van der Waals surface area contributed by atoms with Crippen LogP contribution in [0.3, 0.4) is 0 Å². The van der Waals surface area contributed by atoms with E-state index in [1.165, 1.54) is 7.11 Å². The molecular weight excluding hydrogens is 344 g/mol. The van der Waals surface area contributed by atoms with Crippen LogP contribution in [-0.2, 0) is 6.54 Å². The summed E-state index contributed by atoms with van der Waals surface area (Å²) in [4.78, 5) is 4.09. The summed E-state index contributed by atoms with van der Waals surface area (Å²) < 4.78 is 5.71. The van der Waals surface area contributed by atoms with E-state index in [1.54, 1.807) is 12.3 Å². The zero-order valence-electron chi connectivity index (χ0n) is 11.1. The van der Waals surface area contributed by atoms with Crippen molar-refractivity contribution in [2.45, 2.75) is 13.5 Å². The number of anilines is 1. The standard InChI is InChI=1S/C14H14BrClN2O2/c1-8-3-10(7-18-14(8)16)17-6-9-4-11(15)13(19)12(5-9)20-2/h3-5,7,17,19H,6H2,1-2H3. The number of phenolic OH excluding ortho intramolecular Hbond substituents is 1. The molecule has 106 valence electrons. The number of ether oxygens (including phenoxy) is 1. The van der Waals surface area contributed by atoms with Crippen molar-refractivity contribution in [2.24, 2.45) is 0 Å². The summed E-state index contributed by atoms with van der Waals surface area (Å²) in [5.41, 5.74) is 2.77. The van der Waals surface area contributed by atoms with Gasteiger partial charge < -0.3 is 15.2 Å². The highest BCUT2D eigenvalue weighted by Crippen LogP contribution is 2.35. The first-order valence-corrected chi connectivity index (χ1v) is 7.09. The lowest BCUT2D eigenvalue weighted by Gasteiger charge is -2.11. The van der Waals surface area contributed by atoms with Gasteiger partial charge in [-0.2, -0.15) is 0 Å². The van der Waals surface area contributed by atoms with Crippen molar-refractivity contribution < 1.29 is 9.84 Å². The first kappa shape index (κ1) is 14.9. The molecule has 20 heavy (non-hydrogen) atoms. The maximum atomic E-state index is 9.76. The molecule has 1 aromatic heterocycles. The predicted molar refractivity (Wildman–Crippen MR) is 83.7 cm³/mol. The maximum absolute atomic E-state index is 9.76. The molecule has 1 heterocycles. The smallest absolute Gasteiger partial charge is 0.172 e. The number of rotatable bonds is 4. The second-order valence-electron chi connectivity index (χ2n) is 4.31. The van der Waals surface area contributed by atoms with Gasteiger partial charge >= 0.3 is 0 Å². The largest absolute Gasteiger partial charge is 0.503 e. The number of aromatic nitrogens is 1. The molecule has 0 unspecified atom stereocenters. The van der Waals surface area contributed by atoms with Gasteiger partial charge in [0.25, 0.3) is 0 Å². The van der Waals surface area contributed by atoms with Crippen LogP contribution in [-0.4, -0.2) is 17.2 Å². The van der Waals surface area contributed by atoms with E-state index >= 15 is 0 Å². The van der Waals surface area contributed by atoms with Crippen molar-refractivity contribution in [3.8, 4) is 11.5 Å². The third-order valence-electron chi connectivity index (χ3n) is 2.82. The van der Waals surface area contributed by atoms with Crippen molar-refractivity contribution in [2.75, 3.05) is 12.4 Å². The Labute approximate surface area is 130 Å². The highest BCUT2D eigenvalue weighted by atomic mass is 79.9. The maximum Gasteiger partial charge on any atom is 0.172 e. The summed E-state index contributed by atoms with van der Waals surface area (Å²) >= 11 is 9.18. The topological polar surface area (TPSA) is 54.4 Å². The average molecular weight is 358 g/mol. The van der Waals surface area contributed by atoms with Gasteiger partial charge in [0.05, 0.1) is 23.5 Å². The van der Waals surface area contributed by atoms with Crippen LogP contribution in [0.4, 0.5) is 5.69 Å². The van der Waals surface area contributed by atoms with E-state index in [0.717, 1.165) is 16.8 Å². The number of hydrogen-bond acceptors (Lipinski definition) is 4. The van der Waals surface area contributed by atoms with Crippen LogP contribution < -0.4 is 10.1 Å². The molecule has 0 saturated carbocycles. The minimum absolute atomic E-state index is 0.0975. The average Bonchev–Trinajstić information content (AvgIpc) is 2.43. The number of methoxy groups -OCH3 is 1. The molecule has 2 rings (SSSR count). The first-order chi connectivity index (χ1) is 9.51. The summed E-state index contributed by atoms with van der Waals surface area (Å²) in [5.74, 6) is 0.529. The van der Waals surface area contributed by atoms with E-state index in [-0.39, 0.29) is 5.75 Å². The second kappa shape index (κ2) is 6.33. The molecule has 0 fully saturated rings. The molecule has 0 amide bonds. The Morgan fingerprint density at radius 3 is 2.80 bits per heavy atom. The van der Waals surface area contributed by atoms with Crippen LogP contribution in [0.1, 0.15) is 11.1 Å². The van der Waals surface area contributed by atoms with Crippen LogP contribution in [0.5, 0.6) is 11.5 Å². The minimum Gasteiger partial charge on any atom is -0.503 e. The second-order valence-corrected chi connectivity index (χ2v) is 5.53. The molecule has 2 N–H and O–H groups in total. The fourth-order valence-electron chi connectivity index (χ4n) is 1.74. The van der Waals surface area contributed by atoms with Crippen LogP contribution in [0.2, 0.25) is 5.15 Å². The number of aryl methyl sites for hydroxylation is 1. The summed E-state index contributed by atoms with van der Waals surface area (Å²) in [7, 11) is 1.52. The van der Waals surface area contributed by atoms with Crippen molar-refractivity contribution in [3.05, 3.63) is 45.1 Å². The fraction of sp³-hybridized carbons (Fsp3) is 0.214. The van der Waals surface area contributed by atoms with Crippen molar-refractivity contribution >= 4 is 33.2 Å². The Bertz CT molecular complexity index is 635. The predicted octanol–water partition coefficient (Wildman–Crippen LogP) is 4.13. The minimum atomic E-state index is 0.0975. The van der Waals surface area contributed by atoms with Gasteiger partial charge in [-0.25, -0.2) is 4.98 Å². The van der Waals surface area contributed by atoms with Gasteiger partial charge in [-0.05, 0) is 52.2 Å². The van der Waals surface area contributed by atoms with Crippen molar-refractivity contribution in [1.29, 1.82) is 0 Å².